The average molecular weight is 485 g/mol. The van der Waals surface area contributed by atoms with Crippen molar-refractivity contribution in [1.29, 1.82) is 0 Å². The standard InChI is InChI=1S/C27H20N2O3S2/c1-32-26(31)18-10-8-17(9-11-18)24-21-13-12-16-5-2-3-7-20(16)23(21)28-27-29(24)25(30)22(34-27)15-19-6-4-14-33-19/h2-11,14-15,24H,12-13H2,1H3. The summed E-state index contributed by atoms with van der Waals surface area (Å²) in [7, 11) is 1.37. The number of ether oxygens (including phenoxy) is 1. The molecule has 1 aliphatic heterocycles. The summed E-state index contributed by atoms with van der Waals surface area (Å²) in [5.74, 6) is -0.377. The van der Waals surface area contributed by atoms with Gasteiger partial charge in [-0.25, -0.2) is 9.79 Å². The summed E-state index contributed by atoms with van der Waals surface area (Å²) >= 11 is 3.03. The highest BCUT2D eigenvalue weighted by atomic mass is 32.1. The van der Waals surface area contributed by atoms with Gasteiger partial charge in [0, 0.05) is 10.4 Å². The number of nitrogens with zero attached hydrogens (tertiary/aromatic N) is 2. The molecule has 34 heavy (non-hydrogen) atoms. The molecule has 4 aromatic rings. The van der Waals surface area contributed by atoms with E-state index in [9.17, 15) is 9.59 Å². The number of esters is 1. The average Bonchev–Trinajstić information content (AvgIpc) is 3.50. The van der Waals surface area contributed by atoms with Crippen molar-refractivity contribution in [3.8, 4) is 0 Å². The molecule has 0 saturated heterocycles. The van der Waals surface area contributed by atoms with E-state index in [4.69, 9.17) is 9.73 Å². The van der Waals surface area contributed by atoms with Crippen LogP contribution in [0.3, 0.4) is 0 Å². The van der Waals surface area contributed by atoms with Gasteiger partial charge in [-0.1, -0.05) is 53.8 Å². The number of aryl methyl sites for hydroxylation is 1. The molecule has 2 aromatic heterocycles. The normalized spacial score (nSPS) is 17.0. The molecule has 1 aliphatic carbocycles. The molecule has 0 bridgehead atoms. The van der Waals surface area contributed by atoms with Crippen LogP contribution < -0.4 is 14.9 Å². The van der Waals surface area contributed by atoms with Crippen LogP contribution in [0.4, 0.5) is 0 Å². The number of hydrogen-bond donors (Lipinski definition) is 0. The number of thiophene rings is 1. The Hall–Kier alpha value is -3.55. The van der Waals surface area contributed by atoms with Crippen LogP contribution in [0.5, 0.6) is 0 Å². The quantitative estimate of drug-likeness (QED) is 0.410. The topological polar surface area (TPSA) is 60.7 Å². The summed E-state index contributed by atoms with van der Waals surface area (Å²) in [4.78, 5) is 32.4. The van der Waals surface area contributed by atoms with Crippen molar-refractivity contribution in [1.82, 2.24) is 4.57 Å². The van der Waals surface area contributed by atoms with E-state index in [-0.39, 0.29) is 17.6 Å². The number of benzene rings is 2. The molecular weight excluding hydrogens is 464 g/mol. The van der Waals surface area contributed by atoms with Gasteiger partial charge in [0.15, 0.2) is 4.80 Å². The molecule has 0 spiro atoms. The van der Waals surface area contributed by atoms with Crippen LogP contribution in [0.15, 0.2) is 81.4 Å². The minimum absolute atomic E-state index is 0.0374. The molecule has 1 unspecified atom stereocenters. The highest BCUT2D eigenvalue weighted by Crippen LogP contribution is 2.41. The fourth-order valence-corrected chi connectivity index (χ4v) is 6.47. The first-order valence-electron chi connectivity index (χ1n) is 11.0. The first kappa shape index (κ1) is 21.0. The second-order valence-electron chi connectivity index (χ2n) is 8.24. The van der Waals surface area contributed by atoms with Crippen molar-refractivity contribution in [2.24, 2.45) is 4.99 Å². The largest absolute Gasteiger partial charge is 0.465 e. The van der Waals surface area contributed by atoms with Gasteiger partial charge >= 0.3 is 5.97 Å². The predicted molar refractivity (Wildman–Crippen MR) is 135 cm³/mol. The van der Waals surface area contributed by atoms with Gasteiger partial charge in [-0.3, -0.25) is 9.36 Å². The Morgan fingerprint density at radius 1 is 1.09 bits per heavy atom. The third-order valence-electron chi connectivity index (χ3n) is 6.34. The molecule has 0 amide bonds. The molecule has 0 N–H and O–H groups in total. The summed E-state index contributed by atoms with van der Waals surface area (Å²) < 4.78 is 7.35. The van der Waals surface area contributed by atoms with E-state index >= 15 is 0 Å². The van der Waals surface area contributed by atoms with E-state index in [1.54, 1.807) is 23.5 Å². The fourth-order valence-electron chi connectivity index (χ4n) is 4.74. The Labute approximate surface area is 203 Å². The lowest BCUT2D eigenvalue weighted by Crippen LogP contribution is -2.38. The third kappa shape index (κ3) is 3.40. The van der Waals surface area contributed by atoms with Crippen molar-refractivity contribution in [3.05, 3.63) is 118 Å². The number of carbonyl (C=O) groups excluding carboxylic acids is 1. The predicted octanol–water partition coefficient (Wildman–Crippen LogP) is 4.17. The molecule has 7 heteroatoms. The maximum atomic E-state index is 13.7. The van der Waals surface area contributed by atoms with Gasteiger partial charge in [0.2, 0.25) is 0 Å². The molecule has 5 nitrogen and oxygen atoms in total. The molecule has 2 aromatic carbocycles. The van der Waals surface area contributed by atoms with Crippen molar-refractivity contribution in [3.63, 3.8) is 0 Å². The Bertz CT molecular complexity index is 1620. The number of aromatic nitrogens is 1. The highest BCUT2D eigenvalue weighted by Gasteiger charge is 2.32. The minimum Gasteiger partial charge on any atom is -0.465 e. The number of methoxy groups -OCH3 is 1. The van der Waals surface area contributed by atoms with Crippen LogP contribution in [0.25, 0.3) is 11.8 Å². The van der Waals surface area contributed by atoms with Crippen molar-refractivity contribution in [2.45, 2.75) is 18.9 Å². The Morgan fingerprint density at radius 2 is 1.91 bits per heavy atom. The van der Waals surface area contributed by atoms with E-state index in [0.29, 0.717) is 14.9 Å². The Morgan fingerprint density at radius 3 is 2.68 bits per heavy atom. The first-order valence-corrected chi connectivity index (χ1v) is 12.7. The van der Waals surface area contributed by atoms with E-state index in [1.165, 1.54) is 24.0 Å². The number of allylic oxidation sites excluding steroid dienone is 1. The molecule has 2 aliphatic rings. The number of fused-ring (bicyclic) bond motifs is 3. The zero-order valence-electron chi connectivity index (χ0n) is 18.4. The lowest BCUT2D eigenvalue weighted by atomic mass is 9.83. The SMILES string of the molecule is COC(=O)c1ccc(C2C3=C(N=c4sc(=Cc5cccs5)c(=O)n42)c2ccccc2CC3)cc1. The van der Waals surface area contributed by atoms with Gasteiger partial charge in [0.1, 0.15) is 0 Å². The van der Waals surface area contributed by atoms with E-state index in [1.807, 2.05) is 46.4 Å². The van der Waals surface area contributed by atoms with Crippen LogP contribution in [0, 0.1) is 0 Å². The van der Waals surface area contributed by atoms with Gasteiger partial charge in [0.25, 0.3) is 5.56 Å². The van der Waals surface area contributed by atoms with Crippen LogP contribution in [-0.4, -0.2) is 17.6 Å². The van der Waals surface area contributed by atoms with Gasteiger partial charge in [-0.05, 0) is 59.2 Å². The van der Waals surface area contributed by atoms with Crippen molar-refractivity contribution >= 4 is 40.4 Å². The number of rotatable bonds is 3. The Kier molecular flexibility index (Phi) is 5.16. The van der Waals surface area contributed by atoms with Crippen LogP contribution >= 0.6 is 22.7 Å². The molecule has 6 rings (SSSR count). The van der Waals surface area contributed by atoms with E-state index in [2.05, 4.69) is 18.2 Å². The van der Waals surface area contributed by atoms with E-state index < -0.39 is 0 Å². The summed E-state index contributed by atoms with van der Waals surface area (Å²) in [6.45, 7) is 0. The number of carbonyl (C=O) groups is 1. The minimum atomic E-state index is -0.377. The second-order valence-corrected chi connectivity index (χ2v) is 10.2. The van der Waals surface area contributed by atoms with Gasteiger partial charge in [0.05, 0.1) is 28.9 Å². The lowest BCUT2D eigenvalue weighted by molar-refractivity contribution is 0.0600. The molecule has 0 saturated carbocycles. The maximum Gasteiger partial charge on any atom is 0.337 e. The lowest BCUT2D eigenvalue weighted by Gasteiger charge is -2.30. The Balaban J connectivity index is 1.60. The van der Waals surface area contributed by atoms with Gasteiger partial charge in [-0.15, -0.1) is 11.3 Å². The molecule has 3 heterocycles. The molecule has 168 valence electrons. The summed E-state index contributed by atoms with van der Waals surface area (Å²) in [6, 6.07) is 19.5. The van der Waals surface area contributed by atoms with Crippen LogP contribution in [0.2, 0.25) is 0 Å². The van der Waals surface area contributed by atoms with Gasteiger partial charge < -0.3 is 4.74 Å². The maximum absolute atomic E-state index is 13.7. The fraction of sp³-hybridized carbons (Fsp3) is 0.148. The summed E-state index contributed by atoms with van der Waals surface area (Å²) in [5, 5.41) is 2.00. The van der Waals surface area contributed by atoms with Crippen molar-refractivity contribution in [2.75, 3.05) is 7.11 Å². The summed E-state index contributed by atoms with van der Waals surface area (Å²) in [6.07, 6.45) is 3.68. The summed E-state index contributed by atoms with van der Waals surface area (Å²) in [5.41, 5.74) is 5.92. The second kappa shape index (κ2) is 8.34. The smallest absolute Gasteiger partial charge is 0.337 e. The van der Waals surface area contributed by atoms with Gasteiger partial charge in [-0.2, -0.15) is 0 Å². The molecular formula is C27H20N2O3S2. The third-order valence-corrected chi connectivity index (χ3v) is 8.14. The van der Waals surface area contributed by atoms with Crippen molar-refractivity contribution < 1.29 is 9.53 Å². The van der Waals surface area contributed by atoms with E-state index in [0.717, 1.165) is 40.1 Å². The molecule has 0 fully saturated rings. The number of hydrogen-bond acceptors (Lipinski definition) is 6. The monoisotopic (exact) mass is 484 g/mol. The van der Waals surface area contributed by atoms with Crippen LogP contribution in [0.1, 0.15) is 44.4 Å². The zero-order valence-corrected chi connectivity index (χ0v) is 20.0. The molecule has 0 radical (unpaired) electrons. The first-order chi connectivity index (χ1) is 16.6. The number of thiazole rings is 1. The van der Waals surface area contributed by atoms with Crippen LogP contribution in [-0.2, 0) is 11.2 Å². The highest BCUT2D eigenvalue weighted by molar-refractivity contribution is 7.11. The molecule has 1 atom stereocenters. The zero-order chi connectivity index (χ0) is 23.2.